The summed E-state index contributed by atoms with van der Waals surface area (Å²) in [6.07, 6.45) is 0. The Morgan fingerprint density at radius 2 is 1.96 bits per heavy atom. The fraction of sp³-hybridized carbons (Fsp3) is 0.167. The van der Waals surface area contributed by atoms with Crippen LogP contribution in [0.3, 0.4) is 0 Å². The maximum absolute atomic E-state index is 13.2. The van der Waals surface area contributed by atoms with Crippen molar-refractivity contribution in [2.75, 3.05) is 18.5 Å². The molecule has 1 heterocycles. The lowest BCUT2D eigenvalue weighted by Crippen LogP contribution is -2.34. The first-order valence-corrected chi connectivity index (χ1v) is 8.58. The van der Waals surface area contributed by atoms with Crippen LogP contribution < -0.4 is 4.90 Å². The zero-order valence-electron chi connectivity index (χ0n) is 13.9. The molecule has 2 aromatic rings. The molecule has 0 spiro atoms. The van der Waals surface area contributed by atoms with Crippen LogP contribution in [0.25, 0.3) is 0 Å². The molecule has 3 rings (SSSR count). The molecule has 8 heteroatoms. The third kappa shape index (κ3) is 3.38. The van der Waals surface area contributed by atoms with Crippen LogP contribution in [0.5, 0.6) is 0 Å². The quantitative estimate of drug-likeness (QED) is 0.561. The minimum Gasteiger partial charge on any atom is -0.371 e. The van der Waals surface area contributed by atoms with E-state index in [-0.39, 0.29) is 28.7 Å². The van der Waals surface area contributed by atoms with Crippen molar-refractivity contribution in [2.45, 2.75) is 6.54 Å². The first-order valence-electron chi connectivity index (χ1n) is 7.76. The van der Waals surface area contributed by atoms with Gasteiger partial charge in [0.05, 0.1) is 22.1 Å². The van der Waals surface area contributed by atoms with E-state index < -0.39 is 4.92 Å². The number of hydrogen-bond acceptors (Lipinski definition) is 4. The third-order valence-corrected chi connectivity index (χ3v) is 4.83. The number of amides is 1. The van der Waals surface area contributed by atoms with E-state index in [4.69, 9.17) is 23.2 Å². The molecule has 134 valence electrons. The maximum atomic E-state index is 13.2. The summed E-state index contributed by atoms with van der Waals surface area (Å²) in [5, 5.41) is 10.9. The monoisotopic (exact) mass is 391 g/mol. The highest BCUT2D eigenvalue weighted by molar-refractivity contribution is 6.34. The molecule has 0 saturated carbocycles. The maximum Gasteiger partial charge on any atom is 0.270 e. The zero-order chi connectivity index (χ0) is 18.8. The Morgan fingerprint density at radius 1 is 1.23 bits per heavy atom. The number of halogens is 2. The number of fused-ring (bicyclic) bond motifs is 1. The topological polar surface area (TPSA) is 66.7 Å². The van der Waals surface area contributed by atoms with Gasteiger partial charge in [0.15, 0.2) is 0 Å². The lowest BCUT2D eigenvalue weighted by Gasteiger charge is -2.24. The van der Waals surface area contributed by atoms with Crippen LogP contribution in [-0.2, 0) is 6.54 Å². The van der Waals surface area contributed by atoms with Crippen LogP contribution in [0.2, 0.25) is 5.02 Å². The fourth-order valence-corrected chi connectivity index (χ4v) is 3.36. The molecule has 0 saturated heterocycles. The van der Waals surface area contributed by atoms with Crippen molar-refractivity contribution in [3.05, 3.63) is 80.0 Å². The molecule has 0 atom stereocenters. The molecule has 0 fully saturated rings. The van der Waals surface area contributed by atoms with Crippen molar-refractivity contribution in [3.8, 4) is 0 Å². The summed E-state index contributed by atoms with van der Waals surface area (Å²) in [4.78, 5) is 27.1. The molecular formula is C18H15Cl2N3O3. The fourth-order valence-electron chi connectivity index (χ4n) is 2.87. The second-order valence-electron chi connectivity index (χ2n) is 5.90. The first-order chi connectivity index (χ1) is 12.4. The van der Waals surface area contributed by atoms with E-state index in [1.807, 2.05) is 36.2 Å². The minimum absolute atomic E-state index is 0.0377. The average molecular weight is 392 g/mol. The van der Waals surface area contributed by atoms with Gasteiger partial charge in [0, 0.05) is 42.6 Å². The van der Waals surface area contributed by atoms with E-state index in [0.29, 0.717) is 6.54 Å². The molecular weight excluding hydrogens is 377 g/mol. The van der Waals surface area contributed by atoms with Gasteiger partial charge in [-0.25, -0.2) is 0 Å². The van der Waals surface area contributed by atoms with Crippen molar-refractivity contribution in [2.24, 2.45) is 0 Å². The van der Waals surface area contributed by atoms with Gasteiger partial charge in [-0.05, 0) is 17.7 Å². The summed E-state index contributed by atoms with van der Waals surface area (Å²) in [5.74, 6) is -0.344. The lowest BCUT2D eigenvalue weighted by atomic mass is 10.1. The van der Waals surface area contributed by atoms with Crippen molar-refractivity contribution >= 4 is 40.5 Å². The van der Waals surface area contributed by atoms with Crippen molar-refractivity contribution < 1.29 is 9.72 Å². The Kier molecular flexibility index (Phi) is 5.15. The number of para-hydroxylation sites is 1. The molecule has 26 heavy (non-hydrogen) atoms. The number of nitro benzene ring substituents is 1. The van der Waals surface area contributed by atoms with E-state index in [1.165, 1.54) is 23.7 Å². The van der Waals surface area contributed by atoms with Crippen LogP contribution in [0.15, 0.2) is 53.7 Å². The lowest BCUT2D eigenvalue weighted by molar-refractivity contribution is -0.384. The predicted octanol–water partition coefficient (Wildman–Crippen LogP) is 4.42. The van der Waals surface area contributed by atoms with Crippen molar-refractivity contribution in [1.82, 2.24) is 4.90 Å². The molecule has 0 unspecified atom stereocenters. The Bertz CT molecular complexity index is 914. The van der Waals surface area contributed by atoms with Crippen LogP contribution >= 0.6 is 23.2 Å². The Hall–Kier alpha value is -2.57. The summed E-state index contributed by atoms with van der Waals surface area (Å²) in [6.45, 7) is 0.871. The minimum atomic E-state index is -0.551. The number of benzene rings is 2. The number of hydrogen-bond donors (Lipinski definition) is 0. The summed E-state index contributed by atoms with van der Waals surface area (Å²) in [7, 11) is 1.90. The van der Waals surface area contributed by atoms with Crippen molar-refractivity contribution in [3.63, 3.8) is 0 Å². The molecule has 1 amide bonds. The zero-order valence-corrected chi connectivity index (χ0v) is 15.4. The summed E-state index contributed by atoms with van der Waals surface area (Å²) in [6, 6.07) is 11.4. The first kappa shape index (κ1) is 18.2. The second-order valence-corrected chi connectivity index (χ2v) is 6.52. The molecule has 0 N–H and O–H groups in total. The highest BCUT2D eigenvalue weighted by Gasteiger charge is 2.27. The van der Waals surface area contributed by atoms with Gasteiger partial charge >= 0.3 is 0 Å². The van der Waals surface area contributed by atoms with Gasteiger partial charge in [-0.3, -0.25) is 14.9 Å². The number of carbonyl (C=O) groups is 1. The van der Waals surface area contributed by atoms with Crippen LogP contribution in [0, 0.1) is 10.1 Å². The summed E-state index contributed by atoms with van der Waals surface area (Å²) < 4.78 is 0. The van der Waals surface area contributed by atoms with E-state index in [0.717, 1.165) is 16.9 Å². The van der Waals surface area contributed by atoms with E-state index >= 15 is 0 Å². The SMILES string of the molecule is CN1Cc2ccccc2N(C(=O)c2ccc([N+](=O)[O-])cc2Cl)C/C1=C/Cl. The van der Waals surface area contributed by atoms with Crippen LogP contribution in [-0.4, -0.2) is 29.3 Å². The number of carbonyl (C=O) groups excluding carboxylic acids is 1. The highest BCUT2D eigenvalue weighted by atomic mass is 35.5. The van der Waals surface area contributed by atoms with Gasteiger partial charge in [0.25, 0.3) is 11.6 Å². The van der Waals surface area contributed by atoms with Gasteiger partial charge in [0.1, 0.15) is 0 Å². The van der Waals surface area contributed by atoms with Crippen molar-refractivity contribution in [1.29, 1.82) is 0 Å². The molecule has 1 aliphatic heterocycles. The van der Waals surface area contributed by atoms with Crippen LogP contribution in [0.4, 0.5) is 11.4 Å². The number of anilines is 1. The third-order valence-electron chi connectivity index (χ3n) is 4.27. The van der Waals surface area contributed by atoms with E-state index in [9.17, 15) is 14.9 Å². The van der Waals surface area contributed by atoms with E-state index in [1.54, 1.807) is 4.90 Å². The largest absolute Gasteiger partial charge is 0.371 e. The van der Waals surface area contributed by atoms with E-state index in [2.05, 4.69) is 0 Å². The van der Waals surface area contributed by atoms with Gasteiger partial charge < -0.3 is 9.80 Å². The standard InChI is InChI=1S/C18H15Cl2N3O3/c1-21-10-12-4-2-3-5-17(12)22(11-14(21)9-19)18(24)15-7-6-13(23(25)26)8-16(15)20/h2-9H,10-11H2,1H3/b14-9-. The molecule has 0 aliphatic carbocycles. The smallest absolute Gasteiger partial charge is 0.270 e. The number of non-ortho nitro benzene ring substituents is 1. The average Bonchev–Trinajstić information content (AvgIpc) is 2.76. The van der Waals surface area contributed by atoms with Gasteiger partial charge in [0.2, 0.25) is 0 Å². The summed E-state index contributed by atoms with van der Waals surface area (Å²) in [5.41, 5.74) is 3.98. The Labute approximate surface area is 160 Å². The van der Waals surface area contributed by atoms with Crippen LogP contribution in [0.1, 0.15) is 15.9 Å². The number of nitro groups is 1. The molecule has 0 bridgehead atoms. The van der Waals surface area contributed by atoms with Gasteiger partial charge in [-0.15, -0.1) is 0 Å². The van der Waals surface area contributed by atoms with Gasteiger partial charge in [-0.1, -0.05) is 41.4 Å². The summed E-state index contributed by atoms with van der Waals surface area (Å²) >= 11 is 12.1. The molecule has 1 aliphatic rings. The second kappa shape index (κ2) is 7.35. The molecule has 6 nitrogen and oxygen atoms in total. The molecule has 0 aromatic heterocycles. The molecule has 2 aromatic carbocycles. The normalized spacial score (nSPS) is 15.6. The molecule has 0 radical (unpaired) electrons. The number of likely N-dealkylation sites (N-methyl/N-ethyl adjacent to an activating group) is 1. The highest BCUT2D eigenvalue weighted by Crippen LogP contribution is 2.31. The number of nitrogens with zero attached hydrogens (tertiary/aromatic N) is 3. The Balaban J connectivity index is 2.06. The van der Waals surface area contributed by atoms with Gasteiger partial charge in [-0.2, -0.15) is 0 Å². The number of rotatable bonds is 2. The Morgan fingerprint density at radius 3 is 2.62 bits per heavy atom. The predicted molar refractivity (Wildman–Crippen MR) is 102 cm³/mol.